The molecule has 2 aromatic carbocycles. The van der Waals surface area contributed by atoms with Crippen LogP contribution in [0.15, 0.2) is 42.5 Å². The van der Waals surface area contributed by atoms with E-state index in [2.05, 4.69) is 43.5 Å². The average molecular weight is 361 g/mol. The van der Waals surface area contributed by atoms with E-state index in [0.717, 1.165) is 23.4 Å². The van der Waals surface area contributed by atoms with Gasteiger partial charge in [0.15, 0.2) is 5.11 Å². The molecule has 3 rings (SSSR count). The summed E-state index contributed by atoms with van der Waals surface area (Å²) < 4.78 is 6.10. The van der Waals surface area contributed by atoms with E-state index in [9.17, 15) is 0 Å². The summed E-state index contributed by atoms with van der Waals surface area (Å²) in [7, 11) is 0. The van der Waals surface area contributed by atoms with Gasteiger partial charge in [-0.15, -0.1) is 0 Å². The second-order valence-electron chi connectivity index (χ2n) is 6.74. The Labute approximate surface area is 153 Å². The molecule has 0 bridgehead atoms. The van der Waals surface area contributed by atoms with Crippen molar-refractivity contribution in [1.82, 2.24) is 5.32 Å². The predicted molar refractivity (Wildman–Crippen MR) is 104 cm³/mol. The molecule has 2 aromatic rings. The van der Waals surface area contributed by atoms with Crippen LogP contribution >= 0.6 is 23.8 Å². The third-order valence-electron chi connectivity index (χ3n) is 4.05. The minimum absolute atomic E-state index is 0.0890. The fourth-order valence-electron chi connectivity index (χ4n) is 2.98. The van der Waals surface area contributed by atoms with Gasteiger partial charge in [0, 0.05) is 12.0 Å². The molecule has 1 aliphatic rings. The van der Waals surface area contributed by atoms with Gasteiger partial charge in [0.1, 0.15) is 11.4 Å². The number of para-hydroxylation sites is 1. The van der Waals surface area contributed by atoms with E-state index >= 15 is 0 Å². The molecule has 0 saturated carbocycles. The maximum absolute atomic E-state index is 6.19. The first-order chi connectivity index (χ1) is 11.3. The van der Waals surface area contributed by atoms with Gasteiger partial charge in [-0.05, 0) is 51.2 Å². The molecule has 126 valence electrons. The third-order valence-corrected chi connectivity index (χ3v) is 4.60. The fourth-order valence-corrected chi connectivity index (χ4v) is 3.42. The molecule has 0 amide bonds. The lowest BCUT2D eigenvalue weighted by Gasteiger charge is -2.38. The van der Waals surface area contributed by atoms with Crippen LogP contribution in [0.4, 0.5) is 5.69 Å². The van der Waals surface area contributed by atoms with E-state index in [0.29, 0.717) is 10.1 Å². The summed E-state index contributed by atoms with van der Waals surface area (Å²) in [5.41, 5.74) is 2.89. The van der Waals surface area contributed by atoms with Crippen LogP contribution in [0.3, 0.4) is 0 Å². The number of rotatable bonds is 2. The Morgan fingerprint density at radius 1 is 1.25 bits per heavy atom. The molecule has 0 spiro atoms. The van der Waals surface area contributed by atoms with Crippen molar-refractivity contribution in [2.45, 2.75) is 38.8 Å². The normalized spacial score (nSPS) is 18.2. The van der Waals surface area contributed by atoms with Gasteiger partial charge in [0.05, 0.1) is 16.8 Å². The molecule has 0 fully saturated rings. The van der Waals surface area contributed by atoms with Gasteiger partial charge in [-0.1, -0.05) is 41.4 Å². The molecule has 5 heteroatoms. The largest absolute Gasteiger partial charge is 0.487 e. The van der Waals surface area contributed by atoms with Crippen molar-refractivity contribution in [1.29, 1.82) is 0 Å². The maximum atomic E-state index is 6.19. The van der Waals surface area contributed by atoms with Crippen molar-refractivity contribution in [3.63, 3.8) is 0 Å². The molecule has 0 radical (unpaired) electrons. The van der Waals surface area contributed by atoms with Crippen LogP contribution < -0.4 is 15.4 Å². The molecule has 1 unspecified atom stereocenters. The van der Waals surface area contributed by atoms with Crippen LogP contribution in [0.2, 0.25) is 5.02 Å². The fraction of sp³-hybridized carbons (Fsp3) is 0.316. The SMILES string of the molecule is Cc1ccc2c(c1)C(NC(=S)Nc1ccccc1Cl)CC(C)(C)O2. The highest BCUT2D eigenvalue weighted by atomic mass is 35.5. The Balaban J connectivity index is 1.80. The number of hydrogen-bond acceptors (Lipinski definition) is 2. The molecule has 24 heavy (non-hydrogen) atoms. The Hall–Kier alpha value is -1.78. The highest BCUT2D eigenvalue weighted by Gasteiger charge is 2.34. The Morgan fingerprint density at radius 2 is 2.00 bits per heavy atom. The van der Waals surface area contributed by atoms with Crippen molar-refractivity contribution in [3.05, 3.63) is 58.6 Å². The van der Waals surface area contributed by atoms with Gasteiger partial charge in [0.25, 0.3) is 0 Å². The van der Waals surface area contributed by atoms with Crippen LogP contribution in [0.25, 0.3) is 0 Å². The lowest BCUT2D eigenvalue weighted by molar-refractivity contribution is 0.0696. The lowest BCUT2D eigenvalue weighted by atomic mass is 9.89. The van der Waals surface area contributed by atoms with Crippen LogP contribution in [-0.4, -0.2) is 10.7 Å². The van der Waals surface area contributed by atoms with Gasteiger partial charge < -0.3 is 15.4 Å². The van der Waals surface area contributed by atoms with Gasteiger partial charge >= 0.3 is 0 Å². The zero-order chi connectivity index (χ0) is 17.3. The molecule has 1 aliphatic heterocycles. The number of halogens is 1. The number of aryl methyl sites for hydroxylation is 1. The summed E-state index contributed by atoms with van der Waals surface area (Å²) in [6, 6.07) is 13.9. The summed E-state index contributed by atoms with van der Waals surface area (Å²) in [5, 5.41) is 7.79. The maximum Gasteiger partial charge on any atom is 0.171 e. The second kappa shape index (κ2) is 6.61. The highest BCUT2D eigenvalue weighted by molar-refractivity contribution is 7.80. The number of hydrogen-bond donors (Lipinski definition) is 2. The van der Waals surface area contributed by atoms with E-state index < -0.39 is 0 Å². The zero-order valence-corrected chi connectivity index (χ0v) is 15.6. The summed E-state index contributed by atoms with van der Waals surface area (Å²) in [4.78, 5) is 0. The molecule has 1 heterocycles. The molecular weight excluding hydrogens is 340 g/mol. The van der Waals surface area contributed by atoms with Gasteiger partial charge in [-0.2, -0.15) is 0 Å². The van der Waals surface area contributed by atoms with Crippen molar-refractivity contribution in [2.24, 2.45) is 0 Å². The molecule has 1 atom stereocenters. The van der Waals surface area contributed by atoms with Crippen LogP contribution in [-0.2, 0) is 0 Å². The summed E-state index contributed by atoms with van der Waals surface area (Å²) >= 11 is 11.7. The highest BCUT2D eigenvalue weighted by Crippen LogP contribution is 2.39. The summed E-state index contributed by atoms with van der Waals surface area (Å²) in [6.07, 6.45) is 0.827. The van der Waals surface area contributed by atoms with Gasteiger partial charge in [-0.3, -0.25) is 0 Å². The smallest absolute Gasteiger partial charge is 0.171 e. The van der Waals surface area contributed by atoms with Crippen molar-refractivity contribution in [3.8, 4) is 5.75 Å². The molecular formula is C19H21ClN2OS. The first-order valence-electron chi connectivity index (χ1n) is 7.96. The third kappa shape index (κ3) is 3.82. The average Bonchev–Trinajstić information content (AvgIpc) is 2.49. The van der Waals surface area contributed by atoms with Gasteiger partial charge in [0.2, 0.25) is 0 Å². The van der Waals surface area contributed by atoms with E-state index in [1.54, 1.807) is 0 Å². The van der Waals surface area contributed by atoms with E-state index in [1.165, 1.54) is 5.56 Å². The first kappa shape index (κ1) is 17.1. The topological polar surface area (TPSA) is 33.3 Å². The molecule has 3 nitrogen and oxygen atoms in total. The number of fused-ring (bicyclic) bond motifs is 1. The Kier molecular flexibility index (Phi) is 4.70. The number of thiocarbonyl (C=S) groups is 1. The Morgan fingerprint density at radius 3 is 2.75 bits per heavy atom. The van der Waals surface area contributed by atoms with E-state index in [-0.39, 0.29) is 11.6 Å². The van der Waals surface area contributed by atoms with Gasteiger partial charge in [-0.25, -0.2) is 0 Å². The quantitative estimate of drug-likeness (QED) is 0.718. The summed E-state index contributed by atoms with van der Waals surface area (Å²) in [5.74, 6) is 0.912. The standard InChI is InChI=1S/C19H21ClN2OS/c1-12-8-9-17-13(10-12)16(11-19(2,3)23-17)22-18(24)21-15-7-5-4-6-14(15)20/h4-10,16H,11H2,1-3H3,(H2,21,22,24). The van der Waals surface area contributed by atoms with Crippen molar-refractivity contribution >= 4 is 34.6 Å². The molecule has 0 aliphatic carbocycles. The van der Waals surface area contributed by atoms with Crippen molar-refractivity contribution < 1.29 is 4.74 Å². The Bertz CT molecular complexity index is 776. The van der Waals surface area contributed by atoms with Crippen molar-refractivity contribution in [2.75, 3.05) is 5.32 Å². The predicted octanol–water partition coefficient (Wildman–Crippen LogP) is 5.24. The minimum atomic E-state index is -0.250. The van der Waals surface area contributed by atoms with Crippen LogP contribution in [0.5, 0.6) is 5.75 Å². The summed E-state index contributed by atoms with van der Waals surface area (Å²) in [6.45, 7) is 6.27. The number of anilines is 1. The molecule has 2 N–H and O–H groups in total. The molecule has 0 saturated heterocycles. The van der Waals surface area contributed by atoms with Crippen LogP contribution in [0, 0.1) is 6.92 Å². The van der Waals surface area contributed by atoms with E-state index in [1.807, 2.05) is 30.3 Å². The second-order valence-corrected chi connectivity index (χ2v) is 7.55. The number of ether oxygens (including phenoxy) is 1. The monoisotopic (exact) mass is 360 g/mol. The minimum Gasteiger partial charge on any atom is -0.487 e. The number of benzene rings is 2. The van der Waals surface area contributed by atoms with Crippen LogP contribution in [0.1, 0.15) is 37.4 Å². The zero-order valence-electron chi connectivity index (χ0n) is 14.0. The molecule has 0 aromatic heterocycles. The first-order valence-corrected chi connectivity index (χ1v) is 8.74. The lowest BCUT2D eigenvalue weighted by Crippen LogP contribution is -2.42. The van der Waals surface area contributed by atoms with E-state index in [4.69, 9.17) is 28.6 Å². The number of nitrogens with one attached hydrogen (secondary N) is 2.